The van der Waals surface area contributed by atoms with E-state index < -0.39 is 51.8 Å². The summed E-state index contributed by atoms with van der Waals surface area (Å²) < 4.78 is 73.0. The number of phenols is 2. The van der Waals surface area contributed by atoms with Crippen LogP contribution in [0.2, 0.25) is 0 Å². The molecule has 0 fully saturated rings. The van der Waals surface area contributed by atoms with Gasteiger partial charge in [-0.15, -0.1) is 0 Å². The lowest BCUT2D eigenvalue weighted by molar-refractivity contribution is -0.139. The molecule has 0 aliphatic carbocycles. The van der Waals surface area contributed by atoms with E-state index in [1.54, 1.807) is 0 Å². The van der Waals surface area contributed by atoms with Gasteiger partial charge in [-0.05, 0) is 48.0 Å². The number of aromatic carboxylic acids is 1. The topological polar surface area (TPSA) is 94.8 Å². The number of halogens is 7. The lowest BCUT2D eigenvalue weighted by atomic mass is 10.1. The number of carbonyl (C=O) groups is 2. The van der Waals surface area contributed by atoms with Crippen LogP contribution in [0.15, 0.2) is 36.4 Å². The van der Waals surface area contributed by atoms with E-state index in [0.29, 0.717) is 18.2 Å². The Morgan fingerprint density at radius 2 is 1.11 bits per heavy atom. The predicted molar refractivity (Wildman–Crippen MR) is 83.4 cm³/mol. The first-order valence-electron chi connectivity index (χ1n) is 6.88. The standard InChI is InChI=1S/C8H4ClF3O2.C8H5F3O3/c9-7(14)4-1-2-6(13)5(3-4)8(10,11)12;9-8(10,11)5-3-4(7(13)14)1-2-6(5)12/h1-3,13H;1-3,12H,(H,13,14). The smallest absolute Gasteiger partial charge is 0.419 e. The van der Waals surface area contributed by atoms with E-state index in [1.165, 1.54) is 0 Å². The van der Waals surface area contributed by atoms with Gasteiger partial charge in [0.15, 0.2) is 0 Å². The summed E-state index contributed by atoms with van der Waals surface area (Å²) in [5.41, 5.74) is -3.45. The lowest BCUT2D eigenvalue weighted by Gasteiger charge is -2.09. The monoisotopic (exact) mass is 430 g/mol. The number of aromatic hydroxyl groups is 2. The Balaban J connectivity index is 0.000000280. The van der Waals surface area contributed by atoms with Gasteiger partial charge in [-0.2, -0.15) is 26.3 Å². The van der Waals surface area contributed by atoms with Crippen LogP contribution in [0.1, 0.15) is 31.8 Å². The Hall–Kier alpha value is -2.95. The van der Waals surface area contributed by atoms with Gasteiger partial charge in [0.1, 0.15) is 11.5 Å². The highest BCUT2D eigenvalue weighted by Crippen LogP contribution is 2.37. The van der Waals surface area contributed by atoms with Gasteiger partial charge in [0.25, 0.3) is 5.24 Å². The van der Waals surface area contributed by atoms with Crippen LogP contribution >= 0.6 is 11.6 Å². The first-order chi connectivity index (χ1) is 12.6. The molecule has 0 aromatic heterocycles. The summed E-state index contributed by atoms with van der Waals surface area (Å²) >= 11 is 4.99. The molecule has 0 amide bonds. The third kappa shape index (κ3) is 6.05. The van der Waals surface area contributed by atoms with Crippen molar-refractivity contribution in [3.63, 3.8) is 0 Å². The fraction of sp³-hybridized carbons (Fsp3) is 0.125. The zero-order valence-corrected chi connectivity index (χ0v) is 14.0. The summed E-state index contributed by atoms with van der Waals surface area (Å²) in [7, 11) is 0. The van der Waals surface area contributed by atoms with Crippen molar-refractivity contribution < 1.29 is 51.3 Å². The summed E-state index contributed by atoms with van der Waals surface area (Å²) in [5, 5.41) is 25.1. The molecule has 0 saturated carbocycles. The molecule has 2 aromatic carbocycles. The van der Waals surface area contributed by atoms with Crippen molar-refractivity contribution in [3.05, 3.63) is 58.7 Å². The Morgan fingerprint density at radius 1 is 0.750 bits per heavy atom. The van der Waals surface area contributed by atoms with E-state index in [4.69, 9.17) is 26.9 Å². The predicted octanol–water partition coefficient (Wildman–Crippen LogP) is 4.90. The minimum atomic E-state index is -4.75. The van der Waals surface area contributed by atoms with Crippen molar-refractivity contribution >= 4 is 22.8 Å². The highest BCUT2D eigenvalue weighted by molar-refractivity contribution is 6.67. The molecule has 0 spiro atoms. The van der Waals surface area contributed by atoms with Crippen LogP contribution in [0.25, 0.3) is 0 Å². The van der Waals surface area contributed by atoms with E-state index in [1.807, 2.05) is 0 Å². The SMILES string of the molecule is O=C(Cl)c1ccc(O)c(C(F)(F)F)c1.O=C(O)c1ccc(O)c(C(F)(F)F)c1. The molecule has 0 aliphatic heterocycles. The summed E-state index contributed by atoms with van der Waals surface area (Å²) in [6, 6.07) is 4.28. The van der Waals surface area contributed by atoms with Crippen molar-refractivity contribution in [1.82, 2.24) is 0 Å². The third-order valence-corrected chi connectivity index (χ3v) is 3.30. The van der Waals surface area contributed by atoms with E-state index in [0.717, 1.165) is 18.2 Å². The van der Waals surface area contributed by atoms with E-state index in [-0.39, 0.29) is 5.56 Å². The molecule has 0 atom stereocenters. The van der Waals surface area contributed by atoms with Gasteiger partial charge >= 0.3 is 18.3 Å². The molecule has 2 rings (SSSR count). The van der Waals surface area contributed by atoms with Crippen molar-refractivity contribution in [2.75, 3.05) is 0 Å². The maximum absolute atomic E-state index is 12.2. The molecule has 0 heterocycles. The van der Waals surface area contributed by atoms with Gasteiger partial charge in [-0.3, -0.25) is 4.79 Å². The fourth-order valence-corrected chi connectivity index (χ4v) is 1.90. The second-order valence-corrected chi connectivity index (χ2v) is 5.38. The Labute approximate surface area is 157 Å². The van der Waals surface area contributed by atoms with Crippen LogP contribution in [0.5, 0.6) is 11.5 Å². The van der Waals surface area contributed by atoms with E-state index >= 15 is 0 Å². The zero-order valence-electron chi connectivity index (χ0n) is 13.3. The van der Waals surface area contributed by atoms with Crippen LogP contribution in [-0.2, 0) is 12.4 Å². The first-order valence-corrected chi connectivity index (χ1v) is 7.26. The van der Waals surface area contributed by atoms with Gasteiger partial charge in [-0.25, -0.2) is 4.79 Å². The van der Waals surface area contributed by atoms with Gasteiger partial charge in [-0.1, -0.05) is 0 Å². The third-order valence-electron chi connectivity index (χ3n) is 3.08. The van der Waals surface area contributed by atoms with Crippen LogP contribution in [0.3, 0.4) is 0 Å². The van der Waals surface area contributed by atoms with Gasteiger partial charge in [0, 0.05) is 5.56 Å². The number of carboxylic acids is 1. The van der Waals surface area contributed by atoms with Crippen LogP contribution in [-0.4, -0.2) is 26.5 Å². The van der Waals surface area contributed by atoms with E-state index in [9.17, 15) is 35.9 Å². The molecule has 152 valence electrons. The van der Waals surface area contributed by atoms with Crippen LogP contribution in [0, 0.1) is 0 Å². The van der Waals surface area contributed by atoms with E-state index in [2.05, 4.69) is 0 Å². The Kier molecular flexibility index (Phi) is 6.91. The summed E-state index contributed by atoms with van der Waals surface area (Å²) in [6.07, 6.45) is -9.46. The maximum atomic E-state index is 12.2. The highest BCUT2D eigenvalue weighted by atomic mass is 35.5. The minimum Gasteiger partial charge on any atom is -0.507 e. The van der Waals surface area contributed by atoms with Crippen molar-refractivity contribution in [2.24, 2.45) is 0 Å². The molecule has 5 nitrogen and oxygen atoms in total. The average molecular weight is 431 g/mol. The molecular weight excluding hydrogens is 422 g/mol. The molecular formula is C16H9ClF6O5. The summed E-state index contributed by atoms with van der Waals surface area (Å²) in [6.45, 7) is 0. The largest absolute Gasteiger partial charge is 0.507 e. The van der Waals surface area contributed by atoms with Gasteiger partial charge in [0.2, 0.25) is 0 Å². The molecule has 28 heavy (non-hydrogen) atoms. The molecule has 2 aromatic rings. The number of carboxylic acid groups (broad SMARTS) is 1. The molecule has 0 saturated heterocycles. The Bertz CT molecular complexity index is 819. The number of carbonyl (C=O) groups excluding carboxylic acids is 1. The van der Waals surface area contributed by atoms with Crippen molar-refractivity contribution in [1.29, 1.82) is 0 Å². The second-order valence-electron chi connectivity index (χ2n) is 5.04. The van der Waals surface area contributed by atoms with Crippen LogP contribution < -0.4 is 0 Å². The second kappa shape index (κ2) is 8.38. The van der Waals surface area contributed by atoms with Crippen LogP contribution in [0.4, 0.5) is 26.3 Å². The number of alkyl halides is 6. The molecule has 3 N–H and O–H groups in total. The van der Waals surface area contributed by atoms with Crippen molar-refractivity contribution in [2.45, 2.75) is 12.4 Å². The number of rotatable bonds is 2. The highest BCUT2D eigenvalue weighted by Gasteiger charge is 2.35. The number of phenolic OH excluding ortho intramolecular Hbond substituents is 2. The fourth-order valence-electron chi connectivity index (χ4n) is 1.78. The van der Waals surface area contributed by atoms with Crippen molar-refractivity contribution in [3.8, 4) is 11.5 Å². The zero-order chi connectivity index (χ0) is 21.9. The first kappa shape index (κ1) is 23.1. The molecule has 0 radical (unpaired) electrons. The number of benzene rings is 2. The molecule has 0 aliphatic rings. The molecule has 0 bridgehead atoms. The minimum absolute atomic E-state index is 0.309. The lowest BCUT2D eigenvalue weighted by Crippen LogP contribution is -2.07. The maximum Gasteiger partial charge on any atom is 0.419 e. The van der Waals surface area contributed by atoms with Gasteiger partial charge < -0.3 is 15.3 Å². The molecule has 12 heteroatoms. The Morgan fingerprint density at radius 3 is 1.43 bits per heavy atom. The number of hydrogen-bond donors (Lipinski definition) is 3. The number of hydrogen-bond acceptors (Lipinski definition) is 4. The summed E-state index contributed by atoms with van der Waals surface area (Å²) in [4.78, 5) is 20.9. The average Bonchev–Trinajstić information content (AvgIpc) is 2.53. The summed E-state index contributed by atoms with van der Waals surface area (Å²) in [5.74, 6) is -3.39. The quantitative estimate of drug-likeness (QED) is 0.465. The van der Waals surface area contributed by atoms with Gasteiger partial charge in [0.05, 0.1) is 16.7 Å². The normalized spacial score (nSPS) is 11.4. The molecule has 0 unspecified atom stereocenters.